The minimum absolute atomic E-state index is 0.0614. The molecule has 0 aromatic carbocycles. The molecule has 7 nitrogen and oxygen atoms in total. The number of carbonyl (C=O) groups is 1. The van der Waals surface area contributed by atoms with Gasteiger partial charge in [-0.25, -0.2) is 13.2 Å². The standard InChI is InChI=1S/C13H19N3O4S/c1-4-15-9-11(6-12(15)13(17)18)21(19,20)16(5-2)8-10(3)7-14/h6,9-10H,4-5,8H2,1-3H3,(H,17,18). The first-order valence-electron chi connectivity index (χ1n) is 6.61. The molecule has 21 heavy (non-hydrogen) atoms. The lowest BCUT2D eigenvalue weighted by atomic mass is 10.2. The van der Waals surface area contributed by atoms with Gasteiger partial charge in [0.15, 0.2) is 0 Å². The highest BCUT2D eigenvalue weighted by Crippen LogP contribution is 2.20. The highest BCUT2D eigenvalue weighted by Gasteiger charge is 2.27. The van der Waals surface area contributed by atoms with Crippen LogP contribution >= 0.6 is 0 Å². The van der Waals surface area contributed by atoms with E-state index in [4.69, 9.17) is 10.4 Å². The van der Waals surface area contributed by atoms with Crippen LogP contribution in [0.5, 0.6) is 0 Å². The van der Waals surface area contributed by atoms with Gasteiger partial charge in [0.1, 0.15) is 10.6 Å². The molecule has 8 heteroatoms. The number of hydrogen-bond acceptors (Lipinski definition) is 4. The zero-order chi connectivity index (χ0) is 16.2. The van der Waals surface area contributed by atoms with Gasteiger partial charge in [0, 0.05) is 25.8 Å². The van der Waals surface area contributed by atoms with Crippen molar-refractivity contribution in [3.8, 4) is 6.07 Å². The van der Waals surface area contributed by atoms with Gasteiger partial charge in [-0.1, -0.05) is 6.92 Å². The van der Waals surface area contributed by atoms with Crippen LogP contribution in [0, 0.1) is 17.2 Å². The molecule has 0 radical (unpaired) electrons. The van der Waals surface area contributed by atoms with Crippen LogP contribution in [0.2, 0.25) is 0 Å². The van der Waals surface area contributed by atoms with E-state index in [0.29, 0.717) is 6.54 Å². The van der Waals surface area contributed by atoms with Crippen LogP contribution in [-0.2, 0) is 16.6 Å². The van der Waals surface area contributed by atoms with Gasteiger partial charge in [-0.3, -0.25) is 0 Å². The normalized spacial score (nSPS) is 13.1. The fourth-order valence-electron chi connectivity index (χ4n) is 1.96. The molecule has 1 aromatic heterocycles. The number of aromatic nitrogens is 1. The lowest BCUT2D eigenvalue weighted by Crippen LogP contribution is -2.34. The Labute approximate surface area is 124 Å². The fraction of sp³-hybridized carbons (Fsp3) is 0.538. The molecule has 1 rings (SSSR count). The highest BCUT2D eigenvalue weighted by molar-refractivity contribution is 7.89. The van der Waals surface area contributed by atoms with Crippen LogP contribution in [0.25, 0.3) is 0 Å². The average molecular weight is 313 g/mol. The van der Waals surface area contributed by atoms with Gasteiger partial charge < -0.3 is 9.67 Å². The summed E-state index contributed by atoms with van der Waals surface area (Å²) in [5.74, 6) is -1.61. The molecule has 0 aliphatic heterocycles. The predicted octanol–water partition coefficient (Wildman–Crippen LogP) is 1.38. The maximum Gasteiger partial charge on any atom is 0.352 e. The number of rotatable bonds is 7. The molecule has 0 saturated heterocycles. The van der Waals surface area contributed by atoms with E-state index < -0.39 is 21.9 Å². The Morgan fingerprint density at radius 3 is 2.52 bits per heavy atom. The first-order chi connectivity index (χ1) is 9.77. The Bertz CT molecular complexity index is 657. The first-order valence-corrected chi connectivity index (χ1v) is 8.05. The lowest BCUT2D eigenvalue weighted by molar-refractivity contribution is 0.0685. The van der Waals surface area contributed by atoms with Crippen molar-refractivity contribution in [2.24, 2.45) is 5.92 Å². The maximum atomic E-state index is 12.5. The third-order valence-corrected chi connectivity index (χ3v) is 5.03. The zero-order valence-corrected chi connectivity index (χ0v) is 13.1. The fourth-order valence-corrected chi connectivity index (χ4v) is 3.54. The Morgan fingerprint density at radius 1 is 1.52 bits per heavy atom. The van der Waals surface area contributed by atoms with Gasteiger partial charge >= 0.3 is 5.97 Å². The monoisotopic (exact) mass is 313 g/mol. The molecule has 1 N–H and O–H groups in total. The maximum absolute atomic E-state index is 12.5. The number of hydrogen-bond donors (Lipinski definition) is 1. The second-order valence-electron chi connectivity index (χ2n) is 4.64. The van der Waals surface area contributed by atoms with Gasteiger partial charge in [0.2, 0.25) is 10.0 Å². The van der Waals surface area contributed by atoms with Crippen molar-refractivity contribution in [3.05, 3.63) is 18.0 Å². The van der Waals surface area contributed by atoms with E-state index in [-0.39, 0.29) is 23.7 Å². The Hall–Kier alpha value is -1.85. The highest BCUT2D eigenvalue weighted by atomic mass is 32.2. The largest absolute Gasteiger partial charge is 0.477 e. The summed E-state index contributed by atoms with van der Waals surface area (Å²) in [7, 11) is -3.80. The Kier molecular flexibility index (Phi) is 5.52. The van der Waals surface area contributed by atoms with E-state index in [2.05, 4.69) is 0 Å². The van der Waals surface area contributed by atoms with E-state index >= 15 is 0 Å². The molecule has 0 bridgehead atoms. The van der Waals surface area contributed by atoms with Gasteiger partial charge in [-0.05, 0) is 19.9 Å². The zero-order valence-electron chi connectivity index (χ0n) is 12.3. The van der Waals surface area contributed by atoms with Crippen LogP contribution in [0.15, 0.2) is 17.2 Å². The van der Waals surface area contributed by atoms with E-state index in [1.807, 2.05) is 6.07 Å². The summed E-state index contributed by atoms with van der Waals surface area (Å²) >= 11 is 0. The first kappa shape index (κ1) is 17.2. The Balaban J connectivity index is 3.23. The Morgan fingerprint density at radius 2 is 2.14 bits per heavy atom. The summed E-state index contributed by atoms with van der Waals surface area (Å²) in [6.07, 6.45) is 1.32. The molecule has 0 saturated carbocycles. The molecule has 0 spiro atoms. The molecule has 0 aliphatic rings. The number of aryl methyl sites for hydroxylation is 1. The van der Waals surface area contributed by atoms with Crippen molar-refractivity contribution < 1.29 is 18.3 Å². The molecule has 0 fully saturated rings. The van der Waals surface area contributed by atoms with E-state index in [1.165, 1.54) is 15.1 Å². The number of carboxylic acid groups (broad SMARTS) is 1. The van der Waals surface area contributed by atoms with Crippen molar-refractivity contribution in [3.63, 3.8) is 0 Å². The topological polar surface area (TPSA) is 103 Å². The quantitative estimate of drug-likeness (QED) is 0.819. The number of aromatic carboxylic acids is 1. The molecule has 1 unspecified atom stereocenters. The third-order valence-electron chi connectivity index (χ3n) is 3.12. The van der Waals surface area contributed by atoms with E-state index in [0.717, 1.165) is 6.07 Å². The van der Waals surface area contributed by atoms with Gasteiger partial charge in [-0.2, -0.15) is 9.57 Å². The summed E-state index contributed by atoms with van der Waals surface area (Å²) in [6, 6.07) is 3.15. The SMILES string of the molecule is CCN(CC(C)C#N)S(=O)(=O)c1cc(C(=O)O)n(CC)c1. The minimum atomic E-state index is -3.80. The summed E-state index contributed by atoms with van der Waals surface area (Å²) < 4.78 is 27.6. The van der Waals surface area contributed by atoms with Crippen molar-refractivity contribution in [1.29, 1.82) is 5.26 Å². The molecule has 1 aromatic rings. The predicted molar refractivity (Wildman–Crippen MR) is 76.3 cm³/mol. The number of nitriles is 1. The molecule has 1 atom stereocenters. The van der Waals surface area contributed by atoms with Crippen LogP contribution in [0.3, 0.4) is 0 Å². The smallest absolute Gasteiger partial charge is 0.352 e. The summed E-state index contributed by atoms with van der Waals surface area (Å²) in [5.41, 5.74) is -0.0690. The van der Waals surface area contributed by atoms with Crippen LogP contribution in [0.4, 0.5) is 0 Å². The minimum Gasteiger partial charge on any atom is -0.477 e. The molecule has 116 valence electrons. The van der Waals surface area contributed by atoms with Gasteiger partial charge in [-0.15, -0.1) is 0 Å². The molecule has 0 amide bonds. The molecular weight excluding hydrogens is 294 g/mol. The van der Waals surface area contributed by atoms with E-state index in [1.54, 1.807) is 20.8 Å². The average Bonchev–Trinajstić information content (AvgIpc) is 2.89. The van der Waals surface area contributed by atoms with Crippen LogP contribution in [0.1, 0.15) is 31.3 Å². The number of carboxylic acids is 1. The third kappa shape index (κ3) is 3.62. The van der Waals surface area contributed by atoms with Crippen LogP contribution < -0.4 is 0 Å². The molecule has 1 heterocycles. The summed E-state index contributed by atoms with van der Waals surface area (Å²) in [4.78, 5) is 11.1. The second kappa shape index (κ2) is 6.74. The van der Waals surface area contributed by atoms with Crippen molar-refractivity contribution >= 4 is 16.0 Å². The van der Waals surface area contributed by atoms with Crippen molar-refractivity contribution in [2.75, 3.05) is 13.1 Å². The van der Waals surface area contributed by atoms with Crippen molar-refractivity contribution in [1.82, 2.24) is 8.87 Å². The lowest BCUT2D eigenvalue weighted by Gasteiger charge is -2.20. The molecule has 0 aliphatic carbocycles. The van der Waals surface area contributed by atoms with Gasteiger partial charge in [0.25, 0.3) is 0 Å². The van der Waals surface area contributed by atoms with Crippen LogP contribution in [-0.4, -0.2) is 41.5 Å². The summed E-state index contributed by atoms with van der Waals surface area (Å²) in [5, 5.41) is 17.9. The van der Waals surface area contributed by atoms with Gasteiger partial charge in [0.05, 0.1) is 12.0 Å². The number of nitrogens with zero attached hydrogens (tertiary/aromatic N) is 3. The second-order valence-corrected chi connectivity index (χ2v) is 6.58. The summed E-state index contributed by atoms with van der Waals surface area (Å²) in [6.45, 7) is 5.70. The van der Waals surface area contributed by atoms with E-state index in [9.17, 15) is 13.2 Å². The number of sulfonamides is 1. The molecular formula is C13H19N3O4S. The van der Waals surface area contributed by atoms with Crippen molar-refractivity contribution in [2.45, 2.75) is 32.2 Å².